The largest absolute Gasteiger partial charge is 0.368 e. The number of hydrogen-bond acceptors (Lipinski definition) is 5. The first-order valence-electron chi connectivity index (χ1n) is 8.61. The molecule has 1 amide bonds. The topological polar surface area (TPSA) is 96.3 Å². The maximum absolute atomic E-state index is 12.5. The van der Waals surface area contributed by atoms with Crippen LogP contribution >= 0.6 is 0 Å². The number of carbonyl (C=O) groups is 1. The monoisotopic (exact) mass is 375 g/mol. The quantitative estimate of drug-likeness (QED) is 0.816. The van der Waals surface area contributed by atoms with Crippen molar-refractivity contribution in [3.8, 4) is 0 Å². The number of hydrogen-bond donors (Lipinski definition) is 2. The van der Waals surface area contributed by atoms with Crippen molar-refractivity contribution >= 4 is 21.6 Å². The van der Waals surface area contributed by atoms with Gasteiger partial charge < -0.3 is 10.2 Å². The molecule has 1 saturated heterocycles. The molecule has 4 rings (SSSR count). The second kappa shape index (κ2) is 6.40. The van der Waals surface area contributed by atoms with Gasteiger partial charge in [-0.1, -0.05) is 12.1 Å². The number of nitrogens with one attached hydrogen (secondary N) is 2. The van der Waals surface area contributed by atoms with Gasteiger partial charge in [0.05, 0.1) is 11.9 Å². The highest BCUT2D eigenvalue weighted by atomic mass is 32.2. The van der Waals surface area contributed by atoms with Crippen LogP contribution < -0.4 is 10.0 Å². The van der Waals surface area contributed by atoms with Crippen molar-refractivity contribution in [1.29, 1.82) is 0 Å². The summed E-state index contributed by atoms with van der Waals surface area (Å²) in [5, 5.41) is 7.45. The summed E-state index contributed by atoms with van der Waals surface area (Å²) in [6, 6.07) is 8.61. The summed E-state index contributed by atoms with van der Waals surface area (Å²) in [4.78, 5) is 14.5. The van der Waals surface area contributed by atoms with Crippen LogP contribution in [0.1, 0.15) is 23.3 Å². The summed E-state index contributed by atoms with van der Waals surface area (Å²) in [5.41, 5.74) is 1.07. The Morgan fingerprint density at radius 3 is 2.62 bits per heavy atom. The molecule has 0 bridgehead atoms. The van der Waals surface area contributed by atoms with E-state index in [-0.39, 0.29) is 22.9 Å². The molecular weight excluding hydrogens is 354 g/mol. The molecule has 0 spiro atoms. The summed E-state index contributed by atoms with van der Waals surface area (Å²) in [6.45, 7) is 1.17. The molecule has 1 aromatic carbocycles. The van der Waals surface area contributed by atoms with Gasteiger partial charge in [-0.2, -0.15) is 9.82 Å². The molecule has 9 heteroatoms. The van der Waals surface area contributed by atoms with Gasteiger partial charge in [-0.3, -0.25) is 9.48 Å². The predicted octanol–water partition coefficient (Wildman–Crippen LogP) is 1.00. The Hall–Kier alpha value is -2.39. The van der Waals surface area contributed by atoms with Gasteiger partial charge in [0.1, 0.15) is 10.6 Å². The molecule has 2 aliphatic rings. The van der Waals surface area contributed by atoms with Gasteiger partial charge in [0.2, 0.25) is 10.0 Å². The number of nitrogens with zero attached hydrogens (tertiary/aromatic N) is 3. The zero-order valence-corrected chi connectivity index (χ0v) is 15.2. The maximum atomic E-state index is 12.5. The van der Waals surface area contributed by atoms with Crippen molar-refractivity contribution in [1.82, 2.24) is 19.4 Å². The predicted molar refractivity (Wildman–Crippen MR) is 96.0 cm³/mol. The third kappa shape index (κ3) is 3.08. The zero-order valence-electron chi connectivity index (χ0n) is 14.4. The standard InChI is InChI=1S/C17H21N5O3S/c1-21-9-8-14(19-21)17(23)22-10-6-12(7-11-22)16-18-13-4-2-3-5-15(13)26(24,25)20-16/h2-5,8-9,12,16,18,20H,6-7,10-11H2,1H3. The summed E-state index contributed by atoms with van der Waals surface area (Å²) in [6.07, 6.45) is 2.84. The molecule has 1 unspecified atom stereocenters. The molecular formula is C17H21N5O3S. The highest BCUT2D eigenvalue weighted by Crippen LogP contribution is 2.30. The smallest absolute Gasteiger partial charge is 0.274 e. The van der Waals surface area contributed by atoms with Gasteiger partial charge in [-0.25, -0.2) is 8.42 Å². The van der Waals surface area contributed by atoms with E-state index >= 15 is 0 Å². The highest BCUT2D eigenvalue weighted by Gasteiger charge is 2.36. The number of aromatic nitrogens is 2. The number of piperidine rings is 1. The number of aryl methyl sites for hydroxylation is 1. The number of benzene rings is 1. The second-order valence-corrected chi connectivity index (χ2v) is 8.43. The first-order valence-corrected chi connectivity index (χ1v) is 10.1. The van der Waals surface area contributed by atoms with Gasteiger partial charge in [0.25, 0.3) is 5.91 Å². The van der Waals surface area contributed by atoms with Crippen molar-refractivity contribution in [3.05, 3.63) is 42.2 Å². The van der Waals surface area contributed by atoms with Crippen molar-refractivity contribution < 1.29 is 13.2 Å². The SMILES string of the molecule is Cn1ccc(C(=O)N2CCC(C3Nc4ccccc4S(=O)(=O)N3)CC2)n1. The Kier molecular flexibility index (Phi) is 4.20. The van der Waals surface area contributed by atoms with Gasteiger partial charge in [-0.05, 0) is 37.0 Å². The molecule has 26 heavy (non-hydrogen) atoms. The van der Waals surface area contributed by atoms with Gasteiger partial charge in [-0.15, -0.1) is 0 Å². The van der Waals surface area contributed by atoms with E-state index in [9.17, 15) is 13.2 Å². The molecule has 2 aliphatic heterocycles. The lowest BCUT2D eigenvalue weighted by Crippen LogP contribution is -2.52. The van der Waals surface area contributed by atoms with Crippen molar-refractivity contribution in [2.24, 2.45) is 13.0 Å². The van der Waals surface area contributed by atoms with Crippen LogP contribution in [0.25, 0.3) is 0 Å². The van der Waals surface area contributed by atoms with E-state index in [2.05, 4.69) is 15.1 Å². The molecule has 0 saturated carbocycles. The fourth-order valence-electron chi connectivity index (χ4n) is 3.59. The fraction of sp³-hybridized carbons (Fsp3) is 0.412. The van der Waals surface area contributed by atoms with E-state index in [4.69, 9.17) is 0 Å². The minimum atomic E-state index is -3.52. The van der Waals surface area contributed by atoms with Gasteiger partial charge in [0, 0.05) is 26.3 Å². The second-order valence-electron chi connectivity index (χ2n) is 6.74. The van der Waals surface area contributed by atoms with E-state index in [0.29, 0.717) is 24.5 Å². The molecule has 3 heterocycles. The van der Waals surface area contributed by atoms with Crippen LogP contribution in [0.3, 0.4) is 0 Å². The third-order valence-corrected chi connectivity index (χ3v) is 6.50. The highest BCUT2D eigenvalue weighted by molar-refractivity contribution is 7.89. The Morgan fingerprint density at radius 2 is 1.92 bits per heavy atom. The average molecular weight is 375 g/mol. The molecule has 1 fully saturated rings. The lowest BCUT2D eigenvalue weighted by molar-refractivity contribution is 0.0672. The maximum Gasteiger partial charge on any atom is 0.274 e. The Morgan fingerprint density at radius 1 is 1.19 bits per heavy atom. The summed E-state index contributed by atoms with van der Waals surface area (Å²) < 4.78 is 29.3. The van der Waals surface area contributed by atoms with Crippen LogP contribution in [0, 0.1) is 5.92 Å². The number of rotatable bonds is 2. The van der Waals surface area contributed by atoms with Crippen LogP contribution in [0.2, 0.25) is 0 Å². The number of fused-ring (bicyclic) bond motifs is 1. The minimum absolute atomic E-state index is 0.0772. The summed E-state index contributed by atoms with van der Waals surface area (Å²) in [7, 11) is -1.74. The van der Waals surface area contributed by atoms with Crippen molar-refractivity contribution in [2.75, 3.05) is 18.4 Å². The van der Waals surface area contributed by atoms with E-state index < -0.39 is 10.0 Å². The number of sulfonamides is 1. The molecule has 0 radical (unpaired) electrons. The zero-order chi connectivity index (χ0) is 18.3. The van der Waals surface area contributed by atoms with E-state index in [0.717, 1.165) is 12.8 Å². The fourth-order valence-corrected chi connectivity index (χ4v) is 4.98. The lowest BCUT2D eigenvalue weighted by atomic mass is 9.93. The van der Waals surface area contributed by atoms with Crippen LogP contribution in [0.5, 0.6) is 0 Å². The normalized spacial score (nSPS) is 22.5. The molecule has 1 aromatic heterocycles. The minimum Gasteiger partial charge on any atom is -0.368 e. The average Bonchev–Trinajstić information content (AvgIpc) is 3.07. The van der Waals surface area contributed by atoms with Crippen molar-refractivity contribution in [3.63, 3.8) is 0 Å². The molecule has 138 valence electrons. The molecule has 2 aromatic rings. The number of para-hydroxylation sites is 1. The first-order chi connectivity index (χ1) is 12.4. The Balaban J connectivity index is 1.43. The third-order valence-electron chi connectivity index (χ3n) is 5.00. The number of carbonyl (C=O) groups excluding carboxylic acids is 1. The number of amides is 1. The number of anilines is 1. The van der Waals surface area contributed by atoms with Crippen LogP contribution in [0.4, 0.5) is 5.69 Å². The van der Waals surface area contributed by atoms with Gasteiger partial charge >= 0.3 is 0 Å². The molecule has 1 atom stereocenters. The Labute approximate surface area is 152 Å². The summed E-state index contributed by atoms with van der Waals surface area (Å²) >= 11 is 0. The van der Waals surface area contributed by atoms with Crippen LogP contribution in [0.15, 0.2) is 41.4 Å². The van der Waals surface area contributed by atoms with E-state index in [1.54, 1.807) is 47.1 Å². The van der Waals surface area contributed by atoms with Crippen molar-refractivity contribution in [2.45, 2.75) is 23.9 Å². The molecule has 2 N–H and O–H groups in total. The summed E-state index contributed by atoms with van der Waals surface area (Å²) in [5.74, 6) is 0.0393. The van der Waals surface area contributed by atoms with E-state index in [1.165, 1.54) is 0 Å². The first kappa shape index (κ1) is 17.0. The molecule has 0 aliphatic carbocycles. The number of likely N-dealkylation sites (tertiary alicyclic amines) is 1. The van der Waals surface area contributed by atoms with E-state index in [1.807, 2.05) is 6.07 Å². The van der Waals surface area contributed by atoms with Gasteiger partial charge in [0.15, 0.2) is 0 Å². The van der Waals surface area contributed by atoms with Crippen LogP contribution in [-0.4, -0.2) is 48.3 Å². The molecule has 8 nitrogen and oxygen atoms in total. The lowest BCUT2D eigenvalue weighted by Gasteiger charge is -2.38. The van der Waals surface area contributed by atoms with Crippen LogP contribution in [-0.2, 0) is 17.1 Å². The Bertz CT molecular complexity index is 931.